The molecule has 266 valence electrons. The van der Waals surface area contributed by atoms with E-state index in [0.29, 0.717) is 0 Å². The van der Waals surface area contributed by atoms with Crippen molar-refractivity contribution >= 4 is 12.6 Å². The van der Waals surface area contributed by atoms with Crippen molar-refractivity contribution in [1.29, 1.82) is 0 Å². The molecule has 0 fully saturated rings. The third kappa shape index (κ3) is 10.1. The second-order valence-electron chi connectivity index (χ2n) is 20.8. The fourth-order valence-electron chi connectivity index (χ4n) is 6.20. The van der Waals surface area contributed by atoms with Gasteiger partial charge in [0, 0.05) is 4.90 Å². The van der Waals surface area contributed by atoms with E-state index in [1.54, 1.807) is 0 Å². The Morgan fingerprint density at radius 2 is 0.480 bits per heavy atom. The zero-order valence-electron chi connectivity index (χ0n) is 36.3. The maximum atomic E-state index is 5.45. The van der Waals surface area contributed by atoms with Gasteiger partial charge in [-0.15, -0.1) is 12.6 Å². The van der Waals surface area contributed by atoms with Crippen LogP contribution in [-0.2, 0) is 32.5 Å². The first-order valence-corrected chi connectivity index (χ1v) is 18.8. The summed E-state index contributed by atoms with van der Waals surface area (Å²) in [6.07, 6.45) is 0. The van der Waals surface area contributed by atoms with E-state index in [1.807, 2.05) is 0 Å². The second-order valence-corrected chi connectivity index (χ2v) is 21.3. The zero-order valence-corrected chi connectivity index (χ0v) is 39.3. The number of thiol groups is 1. The average Bonchev–Trinajstić information content (AvgIpc) is 2.94. The summed E-state index contributed by atoms with van der Waals surface area (Å²) in [5, 5.41) is 0. The minimum absolute atomic E-state index is 0. The Morgan fingerprint density at radius 3 is 0.680 bits per heavy atom. The molecule has 4 aromatic rings. The van der Waals surface area contributed by atoms with Gasteiger partial charge in [0.25, 0.3) is 0 Å². The summed E-state index contributed by atoms with van der Waals surface area (Å²) >= 11 is 5.45. The Balaban J connectivity index is 0.00000451. The molecule has 0 bridgehead atoms. The quantitative estimate of drug-likeness (QED) is 0.158. The summed E-state index contributed by atoms with van der Waals surface area (Å²) in [5.41, 5.74) is 15.6. The van der Waals surface area contributed by atoms with Crippen LogP contribution in [0.1, 0.15) is 159 Å². The minimum atomic E-state index is 0. The van der Waals surface area contributed by atoms with Crippen LogP contribution in [0.5, 0.6) is 0 Å². The topological polar surface area (TPSA) is 0 Å². The van der Waals surface area contributed by atoms with Crippen LogP contribution in [0.25, 0.3) is 33.4 Å². The molecule has 0 amide bonds. The van der Waals surface area contributed by atoms with Gasteiger partial charge in [-0.3, -0.25) is 0 Å². The van der Waals surface area contributed by atoms with Crippen molar-refractivity contribution in [3.8, 4) is 33.4 Å². The molecule has 0 unspecified atom stereocenters. The van der Waals surface area contributed by atoms with E-state index in [0.717, 1.165) is 4.90 Å². The standard InChI is InChI=1S/C48H66S.K.H/c1-43(2,3)34-19-30(20-35(27-34)44(4,5)6)31-25-40(32-21-36(45(7,8)9)28-37(22-32)46(10,11)12)42(49)41(26-31)33-23-38(47(13,14)15)29-39(24-33)48(16,17)18;;/h19-29,49H,1-18H3;;/q;+1;-1. The van der Waals surface area contributed by atoms with Crippen molar-refractivity contribution in [3.05, 3.63) is 100 Å². The van der Waals surface area contributed by atoms with E-state index in [4.69, 9.17) is 12.6 Å². The summed E-state index contributed by atoms with van der Waals surface area (Å²) in [6, 6.07) is 26.6. The molecule has 4 aromatic carbocycles. The number of rotatable bonds is 3. The molecular formula is C48H67KS. The van der Waals surface area contributed by atoms with Gasteiger partial charge in [0.1, 0.15) is 0 Å². The van der Waals surface area contributed by atoms with Crippen molar-refractivity contribution in [2.45, 2.75) is 162 Å². The van der Waals surface area contributed by atoms with Crippen LogP contribution >= 0.6 is 12.6 Å². The summed E-state index contributed by atoms with van der Waals surface area (Å²) in [7, 11) is 0. The molecule has 50 heavy (non-hydrogen) atoms. The predicted octanol–water partition coefficient (Wildman–Crippen LogP) is 11.9. The van der Waals surface area contributed by atoms with Crippen LogP contribution < -0.4 is 51.4 Å². The van der Waals surface area contributed by atoms with Crippen LogP contribution in [0, 0.1) is 0 Å². The van der Waals surface area contributed by atoms with Gasteiger partial charge >= 0.3 is 51.4 Å². The van der Waals surface area contributed by atoms with Crippen LogP contribution in [0.3, 0.4) is 0 Å². The Kier molecular flexibility index (Phi) is 12.6. The molecule has 4 rings (SSSR count). The van der Waals surface area contributed by atoms with E-state index in [1.165, 1.54) is 66.8 Å². The Morgan fingerprint density at radius 1 is 0.300 bits per heavy atom. The molecular weight excluding hydrogens is 648 g/mol. The third-order valence-corrected chi connectivity index (χ3v) is 10.5. The molecule has 0 aliphatic rings. The second kappa shape index (κ2) is 14.6. The van der Waals surface area contributed by atoms with Crippen molar-refractivity contribution in [1.82, 2.24) is 0 Å². The number of hydrogen-bond acceptors (Lipinski definition) is 1. The first-order chi connectivity index (χ1) is 22.0. The minimum Gasteiger partial charge on any atom is -1.00 e. The van der Waals surface area contributed by atoms with E-state index in [9.17, 15) is 0 Å². The first kappa shape index (κ1) is 43.3. The fraction of sp³-hybridized carbons (Fsp3) is 0.500. The summed E-state index contributed by atoms with van der Waals surface area (Å²) in [6.45, 7) is 41.8. The molecule has 0 saturated carbocycles. The van der Waals surface area contributed by atoms with Gasteiger partial charge in [-0.05, 0) is 111 Å². The maximum absolute atomic E-state index is 5.45. The molecule has 0 aliphatic heterocycles. The largest absolute Gasteiger partial charge is 1.00 e. The molecule has 0 aliphatic carbocycles. The van der Waals surface area contributed by atoms with Crippen molar-refractivity contribution in [2.24, 2.45) is 0 Å². The molecule has 0 nitrogen and oxygen atoms in total. The fourth-order valence-corrected chi connectivity index (χ4v) is 6.59. The van der Waals surface area contributed by atoms with Gasteiger partial charge in [-0.2, -0.15) is 0 Å². The van der Waals surface area contributed by atoms with Crippen LogP contribution in [0.4, 0.5) is 0 Å². The van der Waals surface area contributed by atoms with Gasteiger partial charge < -0.3 is 1.43 Å². The molecule has 2 heteroatoms. The van der Waals surface area contributed by atoms with E-state index >= 15 is 0 Å². The maximum Gasteiger partial charge on any atom is 1.00 e. The normalized spacial score (nSPS) is 13.3. The Hall–Kier alpha value is -1.13. The van der Waals surface area contributed by atoms with Crippen LogP contribution in [0.2, 0.25) is 0 Å². The smallest absolute Gasteiger partial charge is 1.00 e. The average molecular weight is 715 g/mol. The van der Waals surface area contributed by atoms with Gasteiger partial charge in [0.15, 0.2) is 0 Å². The molecule has 0 radical (unpaired) electrons. The summed E-state index contributed by atoms with van der Waals surface area (Å²) in [4.78, 5) is 1.03. The summed E-state index contributed by atoms with van der Waals surface area (Å²) in [5.74, 6) is 0. The third-order valence-electron chi connectivity index (χ3n) is 10.1. The van der Waals surface area contributed by atoms with E-state index in [-0.39, 0.29) is 85.3 Å². The molecule has 0 spiro atoms. The van der Waals surface area contributed by atoms with Crippen LogP contribution in [0.15, 0.2) is 71.6 Å². The summed E-state index contributed by atoms with van der Waals surface area (Å²) < 4.78 is 0. The monoisotopic (exact) mass is 714 g/mol. The van der Waals surface area contributed by atoms with Crippen LogP contribution in [-0.4, -0.2) is 0 Å². The van der Waals surface area contributed by atoms with Gasteiger partial charge in [0.05, 0.1) is 0 Å². The van der Waals surface area contributed by atoms with E-state index in [2.05, 4.69) is 191 Å². The molecule has 0 atom stereocenters. The van der Waals surface area contributed by atoms with Crippen molar-refractivity contribution in [3.63, 3.8) is 0 Å². The number of benzene rings is 4. The van der Waals surface area contributed by atoms with Gasteiger partial charge in [-0.25, -0.2) is 0 Å². The number of hydrogen-bond donors (Lipinski definition) is 1. The molecule has 0 N–H and O–H groups in total. The van der Waals surface area contributed by atoms with E-state index < -0.39 is 0 Å². The Labute approximate surface area is 357 Å². The predicted molar refractivity (Wildman–Crippen MR) is 223 cm³/mol. The Bertz CT molecular complexity index is 1660. The zero-order chi connectivity index (χ0) is 37.3. The van der Waals surface area contributed by atoms with Gasteiger partial charge in [0.2, 0.25) is 0 Å². The molecule has 0 aromatic heterocycles. The van der Waals surface area contributed by atoms with Gasteiger partial charge in [-0.1, -0.05) is 179 Å². The molecule has 0 heterocycles. The SMILES string of the molecule is CC(C)(C)c1cc(-c2cc(-c3cc(C(C)(C)C)cc(C(C)(C)C)c3)c(S)c(-c3cc(C(C)(C)C)cc(C(C)(C)C)c3)c2)cc(C(C)(C)C)c1.[H-].[K+]. The molecule has 0 saturated heterocycles. The van der Waals surface area contributed by atoms with Crippen molar-refractivity contribution in [2.75, 3.05) is 0 Å². The van der Waals surface area contributed by atoms with Crippen molar-refractivity contribution < 1.29 is 52.8 Å². The first-order valence-electron chi connectivity index (χ1n) is 18.3.